The molecule has 0 radical (unpaired) electrons. The molecule has 7 nitrogen and oxygen atoms in total. The molecule has 108 valence electrons. The summed E-state index contributed by atoms with van der Waals surface area (Å²) in [6.45, 7) is 1.83. The highest BCUT2D eigenvalue weighted by molar-refractivity contribution is 7.25. The highest BCUT2D eigenvalue weighted by Crippen LogP contribution is 2.31. The second-order valence-electron chi connectivity index (χ2n) is 4.77. The number of hydrogen-bond acceptors (Lipinski definition) is 6. The lowest BCUT2D eigenvalue weighted by Crippen LogP contribution is -2.20. The van der Waals surface area contributed by atoms with Crippen LogP contribution in [-0.2, 0) is 0 Å². The number of aromatic amines is 2. The molecule has 0 aliphatic carbocycles. The lowest BCUT2D eigenvalue weighted by molar-refractivity contribution is 1.09. The highest BCUT2D eigenvalue weighted by atomic mass is 32.1. The topological polar surface area (TPSA) is 104 Å². The fourth-order valence-corrected chi connectivity index (χ4v) is 3.45. The number of aryl methyl sites for hydroxylation is 1. The number of thiophene rings is 1. The monoisotopic (exact) mass is 311 g/mol. The van der Waals surface area contributed by atoms with Crippen LogP contribution in [-0.4, -0.2) is 24.9 Å². The Morgan fingerprint density at radius 1 is 1.18 bits per heavy atom. The van der Waals surface area contributed by atoms with E-state index in [0.29, 0.717) is 32.0 Å². The van der Waals surface area contributed by atoms with Gasteiger partial charge in [-0.3, -0.25) is 14.8 Å². The molecule has 0 aliphatic heterocycles. The van der Waals surface area contributed by atoms with Crippen LogP contribution >= 0.6 is 11.3 Å². The van der Waals surface area contributed by atoms with Crippen molar-refractivity contribution in [3.63, 3.8) is 0 Å². The number of aromatic nitrogens is 5. The smallest absolute Gasteiger partial charge is 0.305 e. The Bertz CT molecular complexity index is 1130. The van der Waals surface area contributed by atoms with Crippen LogP contribution in [0.2, 0.25) is 0 Å². The molecule has 0 unspecified atom stereocenters. The van der Waals surface area contributed by atoms with Crippen LogP contribution in [0.1, 0.15) is 5.69 Å². The average Bonchev–Trinajstić information content (AvgIpc) is 2.87. The third-order valence-electron chi connectivity index (χ3n) is 3.32. The molecule has 0 atom stereocenters. The Hall–Kier alpha value is -2.87. The van der Waals surface area contributed by atoms with Gasteiger partial charge in [0.05, 0.1) is 16.6 Å². The molecule has 0 spiro atoms. The second-order valence-corrected chi connectivity index (χ2v) is 5.77. The summed E-state index contributed by atoms with van der Waals surface area (Å²) in [5.41, 5.74) is 1.05. The van der Waals surface area contributed by atoms with Crippen LogP contribution in [0.15, 0.2) is 34.1 Å². The van der Waals surface area contributed by atoms with Crippen LogP contribution in [0.25, 0.3) is 31.8 Å². The zero-order valence-electron chi connectivity index (χ0n) is 11.4. The number of fused-ring (bicyclic) bond motifs is 3. The molecule has 0 saturated heterocycles. The molecule has 0 aliphatic rings. The largest absolute Gasteiger partial charge is 0.326 e. The maximum Gasteiger partial charge on any atom is 0.326 e. The van der Waals surface area contributed by atoms with Gasteiger partial charge in [0.25, 0.3) is 5.56 Å². The molecule has 4 aromatic heterocycles. The van der Waals surface area contributed by atoms with Crippen molar-refractivity contribution >= 4 is 31.8 Å². The molecule has 0 fully saturated rings. The molecule has 4 rings (SSSR count). The predicted octanol–water partition coefficient (Wildman–Crippen LogP) is 1.59. The van der Waals surface area contributed by atoms with Gasteiger partial charge in [-0.1, -0.05) is 0 Å². The van der Waals surface area contributed by atoms with Gasteiger partial charge in [0.15, 0.2) is 5.82 Å². The first-order chi connectivity index (χ1) is 10.6. The van der Waals surface area contributed by atoms with E-state index in [9.17, 15) is 9.59 Å². The van der Waals surface area contributed by atoms with Crippen LogP contribution in [0.5, 0.6) is 0 Å². The fraction of sp³-hybridized carbons (Fsp3) is 0.0714. The number of hydrogen-bond donors (Lipinski definition) is 2. The first kappa shape index (κ1) is 12.8. The first-order valence-electron chi connectivity index (χ1n) is 6.47. The predicted molar refractivity (Wildman–Crippen MR) is 84.1 cm³/mol. The minimum Gasteiger partial charge on any atom is -0.305 e. The molecule has 22 heavy (non-hydrogen) atoms. The van der Waals surface area contributed by atoms with E-state index in [1.807, 2.05) is 19.1 Å². The quantitative estimate of drug-likeness (QED) is 0.555. The summed E-state index contributed by atoms with van der Waals surface area (Å²) in [5, 5.41) is 0.704. The zero-order valence-corrected chi connectivity index (χ0v) is 12.2. The summed E-state index contributed by atoms with van der Waals surface area (Å²) in [6.07, 6.45) is 3.36. The van der Waals surface area contributed by atoms with Crippen LogP contribution in [0.3, 0.4) is 0 Å². The van der Waals surface area contributed by atoms with Crippen LogP contribution < -0.4 is 11.2 Å². The van der Waals surface area contributed by atoms with Crippen molar-refractivity contribution in [3.8, 4) is 11.4 Å². The molecule has 4 heterocycles. The molecule has 4 aromatic rings. The zero-order chi connectivity index (χ0) is 15.3. The summed E-state index contributed by atoms with van der Waals surface area (Å²) in [5.74, 6) is 0.545. The van der Waals surface area contributed by atoms with Gasteiger partial charge in [-0.05, 0) is 19.1 Å². The maximum absolute atomic E-state index is 11.9. The average molecular weight is 311 g/mol. The Kier molecular flexibility index (Phi) is 2.67. The minimum absolute atomic E-state index is 0.413. The number of nitrogens with zero attached hydrogens (tertiary/aromatic N) is 3. The number of nitrogens with one attached hydrogen (secondary N) is 2. The van der Waals surface area contributed by atoms with E-state index < -0.39 is 11.2 Å². The molecule has 8 heteroatoms. The number of H-pyrrole nitrogens is 2. The van der Waals surface area contributed by atoms with Gasteiger partial charge in [0.1, 0.15) is 9.53 Å². The van der Waals surface area contributed by atoms with Crippen molar-refractivity contribution in [1.29, 1.82) is 0 Å². The van der Waals surface area contributed by atoms with E-state index in [0.717, 1.165) is 5.56 Å². The summed E-state index contributed by atoms with van der Waals surface area (Å²) < 4.78 is 0.440. The van der Waals surface area contributed by atoms with E-state index in [4.69, 9.17) is 0 Å². The van der Waals surface area contributed by atoms with Crippen molar-refractivity contribution < 1.29 is 0 Å². The van der Waals surface area contributed by atoms with Gasteiger partial charge in [0.2, 0.25) is 0 Å². The lowest BCUT2D eigenvalue weighted by Gasteiger charge is -2.02. The van der Waals surface area contributed by atoms with Crippen LogP contribution in [0.4, 0.5) is 0 Å². The molecular formula is C14H9N5O2S. The fourth-order valence-electron chi connectivity index (χ4n) is 2.38. The second kappa shape index (κ2) is 4.57. The molecule has 2 N–H and O–H groups in total. The Morgan fingerprint density at radius 2 is 2.05 bits per heavy atom. The van der Waals surface area contributed by atoms with Crippen molar-refractivity contribution in [2.45, 2.75) is 6.92 Å². The Morgan fingerprint density at radius 3 is 2.82 bits per heavy atom. The van der Waals surface area contributed by atoms with Gasteiger partial charge >= 0.3 is 5.69 Å². The maximum atomic E-state index is 11.9. The minimum atomic E-state index is -0.534. The normalized spacial score (nSPS) is 11.3. The standard InChI is InChI=1S/C14H9N5O2S/c1-6-8-9-10(12(20)19-14(21)17-9)22-13(8)18-11(16-6)7-3-2-4-15-5-7/h2-5H,1H3,(H2,17,19,20,21). The third kappa shape index (κ3) is 1.85. The Labute approximate surface area is 126 Å². The Balaban J connectivity index is 2.12. The van der Waals surface area contributed by atoms with E-state index >= 15 is 0 Å². The van der Waals surface area contributed by atoms with Crippen molar-refractivity contribution in [1.82, 2.24) is 24.9 Å². The molecular weight excluding hydrogens is 302 g/mol. The summed E-state index contributed by atoms with van der Waals surface area (Å²) in [4.78, 5) is 42.0. The van der Waals surface area contributed by atoms with Gasteiger partial charge in [-0.25, -0.2) is 14.8 Å². The molecule has 0 bridgehead atoms. The van der Waals surface area contributed by atoms with Gasteiger partial charge in [-0.15, -0.1) is 11.3 Å². The molecule has 0 aromatic carbocycles. The van der Waals surface area contributed by atoms with Crippen LogP contribution in [0, 0.1) is 6.92 Å². The number of rotatable bonds is 1. The van der Waals surface area contributed by atoms with E-state index in [-0.39, 0.29) is 0 Å². The van der Waals surface area contributed by atoms with Crippen molar-refractivity contribution in [2.24, 2.45) is 0 Å². The lowest BCUT2D eigenvalue weighted by atomic mass is 10.2. The number of pyridine rings is 1. The van der Waals surface area contributed by atoms with Gasteiger partial charge in [0, 0.05) is 18.0 Å². The van der Waals surface area contributed by atoms with E-state index in [1.165, 1.54) is 11.3 Å². The first-order valence-corrected chi connectivity index (χ1v) is 7.29. The van der Waals surface area contributed by atoms with E-state index in [1.54, 1.807) is 12.4 Å². The SMILES string of the molecule is Cc1nc(-c2cccnc2)nc2sc3c(=O)[nH]c(=O)[nH]c3c12. The molecule has 0 saturated carbocycles. The molecule has 0 amide bonds. The highest BCUT2D eigenvalue weighted by Gasteiger charge is 2.15. The van der Waals surface area contributed by atoms with Gasteiger partial charge in [-0.2, -0.15) is 0 Å². The third-order valence-corrected chi connectivity index (χ3v) is 4.41. The summed E-state index contributed by atoms with van der Waals surface area (Å²) in [7, 11) is 0. The van der Waals surface area contributed by atoms with Gasteiger partial charge < -0.3 is 4.98 Å². The summed E-state index contributed by atoms with van der Waals surface area (Å²) >= 11 is 1.23. The van der Waals surface area contributed by atoms with E-state index in [2.05, 4.69) is 24.9 Å². The van der Waals surface area contributed by atoms with Crippen molar-refractivity contribution in [3.05, 3.63) is 51.1 Å². The summed E-state index contributed by atoms with van der Waals surface area (Å²) in [6, 6.07) is 3.68. The van der Waals surface area contributed by atoms with Crippen molar-refractivity contribution in [2.75, 3.05) is 0 Å².